The summed E-state index contributed by atoms with van der Waals surface area (Å²) in [4.78, 5) is 12.8. The summed E-state index contributed by atoms with van der Waals surface area (Å²) in [5.41, 5.74) is 5.75. The lowest BCUT2D eigenvalue weighted by atomic mass is 9.89. The minimum Gasteiger partial charge on any atom is -0.289 e. The molecule has 0 aromatic heterocycles. The second kappa shape index (κ2) is 5.71. The zero-order valence-corrected chi connectivity index (χ0v) is 14.3. The van der Waals surface area contributed by atoms with Crippen molar-refractivity contribution in [3.63, 3.8) is 0 Å². The molecule has 0 saturated heterocycles. The molecule has 0 saturated carbocycles. The first-order valence-corrected chi connectivity index (χ1v) is 7.56. The van der Waals surface area contributed by atoms with Gasteiger partial charge in [0.25, 0.3) is 0 Å². The number of carbonyl (C=O) groups is 1. The van der Waals surface area contributed by atoms with Gasteiger partial charge in [-0.05, 0) is 68.1 Å². The van der Waals surface area contributed by atoms with Crippen molar-refractivity contribution in [3.05, 3.63) is 67.1 Å². The molecule has 0 amide bonds. The Hall–Kier alpha value is -1.12. The van der Waals surface area contributed by atoms with Crippen LogP contribution in [0.1, 0.15) is 38.2 Å². The van der Waals surface area contributed by atoms with E-state index in [-0.39, 0.29) is 5.78 Å². The van der Waals surface area contributed by atoms with E-state index >= 15 is 0 Å². The molecule has 0 aliphatic rings. The maximum Gasteiger partial charge on any atom is 0.193 e. The van der Waals surface area contributed by atoms with Crippen LogP contribution in [-0.4, -0.2) is 5.78 Å². The lowest BCUT2D eigenvalue weighted by Gasteiger charge is -2.14. The molecule has 0 bridgehead atoms. The van der Waals surface area contributed by atoms with Crippen LogP contribution in [-0.2, 0) is 0 Å². The third kappa shape index (κ3) is 2.82. The first-order valence-electron chi connectivity index (χ1n) is 6.39. The van der Waals surface area contributed by atoms with E-state index in [9.17, 15) is 4.79 Å². The van der Waals surface area contributed by atoms with Gasteiger partial charge in [-0.2, -0.15) is 0 Å². The number of hydrogen-bond acceptors (Lipinski definition) is 1. The quantitative estimate of drug-likeness (QED) is 0.647. The summed E-state index contributed by atoms with van der Waals surface area (Å²) in [5.74, 6) is 0.0231. The Morgan fingerprint density at radius 1 is 0.950 bits per heavy atom. The Bertz CT molecular complexity index is 658. The van der Waals surface area contributed by atoms with Crippen molar-refractivity contribution in [3.8, 4) is 0 Å². The highest BCUT2D eigenvalue weighted by molar-refractivity contribution is 9.10. The zero-order chi connectivity index (χ0) is 15.0. The second-order valence-electron chi connectivity index (χ2n) is 5.12. The Morgan fingerprint density at radius 3 is 2.00 bits per heavy atom. The van der Waals surface area contributed by atoms with Gasteiger partial charge in [-0.3, -0.25) is 4.79 Å². The summed E-state index contributed by atoms with van der Waals surface area (Å²) in [6.07, 6.45) is 0. The molecular weight excluding hydrogens is 336 g/mol. The van der Waals surface area contributed by atoms with E-state index < -0.39 is 0 Å². The number of hydrogen-bond donors (Lipinski definition) is 0. The maximum absolute atomic E-state index is 12.8. The van der Waals surface area contributed by atoms with Crippen LogP contribution in [0.2, 0.25) is 5.02 Å². The third-order valence-electron chi connectivity index (χ3n) is 3.72. The molecule has 0 aliphatic heterocycles. The van der Waals surface area contributed by atoms with Crippen molar-refractivity contribution in [2.24, 2.45) is 0 Å². The van der Waals surface area contributed by atoms with Gasteiger partial charge in [0, 0.05) is 20.6 Å². The number of carbonyl (C=O) groups excluding carboxylic acids is 1. The van der Waals surface area contributed by atoms with Gasteiger partial charge in [-0.15, -0.1) is 0 Å². The largest absolute Gasteiger partial charge is 0.289 e. The number of halogens is 2. The number of benzene rings is 2. The monoisotopic (exact) mass is 350 g/mol. The summed E-state index contributed by atoms with van der Waals surface area (Å²) in [6.45, 7) is 8.06. The predicted molar refractivity (Wildman–Crippen MR) is 88.0 cm³/mol. The van der Waals surface area contributed by atoms with Crippen LogP contribution >= 0.6 is 27.5 Å². The van der Waals surface area contributed by atoms with E-state index in [0.717, 1.165) is 32.3 Å². The molecule has 2 aromatic carbocycles. The summed E-state index contributed by atoms with van der Waals surface area (Å²) in [5, 5.41) is 0.558. The SMILES string of the molecule is Cc1cc(C)c(C)c(C(=O)c2cc(Cl)cc(Br)c2)c1C. The molecule has 0 N–H and O–H groups in total. The molecule has 0 radical (unpaired) electrons. The molecule has 20 heavy (non-hydrogen) atoms. The van der Waals surface area contributed by atoms with Gasteiger partial charge in [0.15, 0.2) is 5.78 Å². The van der Waals surface area contributed by atoms with Crippen molar-refractivity contribution in [2.75, 3.05) is 0 Å². The van der Waals surface area contributed by atoms with Gasteiger partial charge in [-0.25, -0.2) is 0 Å². The van der Waals surface area contributed by atoms with Crippen LogP contribution in [0.15, 0.2) is 28.7 Å². The smallest absolute Gasteiger partial charge is 0.193 e. The van der Waals surface area contributed by atoms with Crippen LogP contribution < -0.4 is 0 Å². The highest BCUT2D eigenvalue weighted by Crippen LogP contribution is 2.27. The Morgan fingerprint density at radius 2 is 1.50 bits per heavy atom. The van der Waals surface area contributed by atoms with Crippen molar-refractivity contribution in [1.29, 1.82) is 0 Å². The van der Waals surface area contributed by atoms with Crippen LogP contribution in [0.4, 0.5) is 0 Å². The van der Waals surface area contributed by atoms with Gasteiger partial charge in [0.1, 0.15) is 0 Å². The maximum atomic E-state index is 12.8. The van der Waals surface area contributed by atoms with Crippen LogP contribution in [0.3, 0.4) is 0 Å². The predicted octanol–water partition coefficient (Wildman–Crippen LogP) is 5.57. The van der Waals surface area contributed by atoms with Gasteiger partial charge < -0.3 is 0 Å². The highest BCUT2D eigenvalue weighted by Gasteiger charge is 2.18. The lowest BCUT2D eigenvalue weighted by molar-refractivity contribution is 0.103. The van der Waals surface area contributed by atoms with Gasteiger partial charge in [0.05, 0.1) is 0 Å². The highest BCUT2D eigenvalue weighted by atomic mass is 79.9. The van der Waals surface area contributed by atoms with Crippen molar-refractivity contribution in [1.82, 2.24) is 0 Å². The minimum absolute atomic E-state index is 0.0231. The molecule has 0 spiro atoms. The summed E-state index contributed by atoms with van der Waals surface area (Å²) >= 11 is 9.42. The molecule has 104 valence electrons. The molecule has 3 heteroatoms. The summed E-state index contributed by atoms with van der Waals surface area (Å²) in [7, 11) is 0. The number of aryl methyl sites for hydroxylation is 2. The van der Waals surface area contributed by atoms with Crippen LogP contribution in [0, 0.1) is 27.7 Å². The molecule has 2 rings (SSSR count). The lowest BCUT2D eigenvalue weighted by Crippen LogP contribution is -2.09. The van der Waals surface area contributed by atoms with Crippen molar-refractivity contribution in [2.45, 2.75) is 27.7 Å². The fourth-order valence-electron chi connectivity index (χ4n) is 2.39. The summed E-state index contributed by atoms with van der Waals surface area (Å²) < 4.78 is 0.813. The Labute approximate surface area is 133 Å². The molecule has 0 heterocycles. The van der Waals surface area contributed by atoms with Gasteiger partial charge in [-0.1, -0.05) is 33.6 Å². The van der Waals surface area contributed by atoms with E-state index in [1.165, 1.54) is 0 Å². The van der Waals surface area contributed by atoms with E-state index in [0.29, 0.717) is 10.6 Å². The number of rotatable bonds is 2. The fraction of sp³-hybridized carbons (Fsp3) is 0.235. The van der Waals surface area contributed by atoms with Crippen LogP contribution in [0.5, 0.6) is 0 Å². The van der Waals surface area contributed by atoms with E-state index in [1.54, 1.807) is 12.1 Å². The fourth-order valence-corrected chi connectivity index (χ4v) is 3.25. The Kier molecular flexibility index (Phi) is 4.36. The average Bonchev–Trinajstić information content (AvgIpc) is 2.35. The Balaban J connectivity index is 2.65. The second-order valence-corrected chi connectivity index (χ2v) is 6.47. The average molecular weight is 352 g/mol. The van der Waals surface area contributed by atoms with Gasteiger partial charge in [0.2, 0.25) is 0 Å². The molecule has 0 atom stereocenters. The molecule has 1 nitrogen and oxygen atoms in total. The summed E-state index contributed by atoms with van der Waals surface area (Å²) in [6, 6.07) is 7.42. The minimum atomic E-state index is 0.0231. The topological polar surface area (TPSA) is 17.1 Å². The van der Waals surface area contributed by atoms with E-state index in [1.807, 2.05) is 33.8 Å². The first kappa shape index (κ1) is 15.3. The molecule has 2 aromatic rings. The molecule has 0 aliphatic carbocycles. The normalized spacial score (nSPS) is 10.7. The molecule has 0 fully saturated rings. The molecular formula is C17H16BrClO. The standard InChI is InChI=1S/C17H16BrClO/c1-9-5-10(2)12(4)16(11(9)3)17(20)13-6-14(18)8-15(19)7-13/h5-8H,1-4H3. The number of ketones is 1. The molecule has 0 unspecified atom stereocenters. The van der Waals surface area contributed by atoms with E-state index in [2.05, 4.69) is 22.0 Å². The van der Waals surface area contributed by atoms with Crippen molar-refractivity contribution < 1.29 is 4.79 Å². The van der Waals surface area contributed by atoms with Crippen LogP contribution in [0.25, 0.3) is 0 Å². The van der Waals surface area contributed by atoms with Gasteiger partial charge >= 0.3 is 0 Å². The first-order chi connectivity index (χ1) is 9.31. The zero-order valence-electron chi connectivity index (χ0n) is 12.0. The van der Waals surface area contributed by atoms with Crippen molar-refractivity contribution >= 4 is 33.3 Å². The third-order valence-corrected chi connectivity index (χ3v) is 4.39. The van der Waals surface area contributed by atoms with E-state index in [4.69, 9.17) is 11.6 Å².